The number of thioether (sulfide) groups is 1. The van der Waals surface area contributed by atoms with Crippen LogP contribution in [0.1, 0.15) is 28.9 Å². The van der Waals surface area contributed by atoms with Crippen molar-refractivity contribution in [3.8, 4) is 5.69 Å². The molecule has 1 saturated heterocycles. The minimum atomic E-state index is -0.0535. The molecule has 0 atom stereocenters. The van der Waals surface area contributed by atoms with Crippen molar-refractivity contribution in [2.24, 2.45) is 0 Å². The van der Waals surface area contributed by atoms with Gasteiger partial charge in [-0.15, -0.1) is 0 Å². The van der Waals surface area contributed by atoms with Gasteiger partial charge in [0.05, 0.1) is 23.1 Å². The van der Waals surface area contributed by atoms with Gasteiger partial charge in [-0.2, -0.15) is 16.9 Å². The first kappa shape index (κ1) is 17.0. The number of para-hydroxylation sites is 1. The van der Waals surface area contributed by atoms with Crippen molar-refractivity contribution >= 4 is 17.7 Å². The molecule has 0 spiro atoms. The van der Waals surface area contributed by atoms with Gasteiger partial charge in [-0.25, -0.2) is 4.68 Å². The fourth-order valence-electron chi connectivity index (χ4n) is 2.79. The summed E-state index contributed by atoms with van der Waals surface area (Å²) in [6.45, 7) is 4.33. The maximum atomic E-state index is 12.4. The quantitative estimate of drug-likeness (QED) is 0.818. The molecule has 1 aromatic carbocycles. The number of amides is 1. The zero-order valence-electron chi connectivity index (χ0n) is 13.9. The number of benzene rings is 1. The largest absolute Gasteiger partial charge is 0.381 e. The van der Waals surface area contributed by atoms with Crippen LogP contribution in [0.15, 0.2) is 36.5 Å². The number of hydrogen-bond donors (Lipinski definition) is 1. The van der Waals surface area contributed by atoms with E-state index < -0.39 is 0 Å². The van der Waals surface area contributed by atoms with Crippen molar-refractivity contribution in [2.45, 2.75) is 25.0 Å². The summed E-state index contributed by atoms with van der Waals surface area (Å²) in [5.74, 6) is 0.879. The Bertz CT molecular complexity index is 666. The lowest BCUT2D eigenvalue weighted by atomic mass is 10.2. The standard InChI is InChI=1S/C18H23N3O2S/c1-14-17(13-20-21(14)15-5-3-2-4-6-15)18(22)19-9-12-24-16-7-10-23-11-8-16/h2-6,13,16H,7-12H2,1H3,(H,19,22). The van der Waals surface area contributed by atoms with Gasteiger partial charge in [0.1, 0.15) is 0 Å². The van der Waals surface area contributed by atoms with E-state index >= 15 is 0 Å². The van der Waals surface area contributed by atoms with Gasteiger partial charge in [-0.3, -0.25) is 4.79 Å². The predicted molar refractivity (Wildman–Crippen MR) is 96.9 cm³/mol. The molecular formula is C18H23N3O2S. The molecule has 1 aliphatic heterocycles. The summed E-state index contributed by atoms with van der Waals surface area (Å²) in [6, 6.07) is 9.85. The molecule has 0 unspecified atom stereocenters. The lowest BCUT2D eigenvalue weighted by Crippen LogP contribution is -2.27. The van der Waals surface area contributed by atoms with E-state index in [4.69, 9.17) is 4.74 Å². The van der Waals surface area contributed by atoms with E-state index in [0.29, 0.717) is 17.4 Å². The zero-order valence-corrected chi connectivity index (χ0v) is 14.7. The Morgan fingerprint density at radius 3 is 2.83 bits per heavy atom. The Labute approximate surface area is 146 Å². The lowest BCUT2D eigenvalue weighted by Gasteiger charge is -2.21. The summed E-state index contributed by atoms with van der Waals surface area (Å²) < 4.78 is 7.16. The molecule has 2 heterocycles. The fourth-order valence-corrected chi connectivity index (χ4v) is 3.87. The normalized spacial score (nSPS) is 15.4. The molecule has 1 fully saturated rings. The number of carbonyl (C=O) groups excluding carboxylic acids is 1. The van der Waals surface area contributed by atoms with Gasteiger partial charge in [0.25, 0.3) is 5.91 Å². The Balaban J connectivity index is 1.51. The van der Waals surface area contributed by atoms with E-state index in [9.17, 15) is 4.79 Å². The molecule has 6 heteroatoms. The topological polar surface area (TPSA) is 56.1 Å². The minimum absolute atomic E-state index is 0.0535. The first-order valence-electron chi connectivity index (χ1n) is 8.33. The van der Waals surface area contributed by atoms with Crippen LogP contribution in [0, 0.1) is 6.92 Å². The number of aromatic nitrogens is 2. The summed E-state index contributed by atoms with van der Waals surface area (Å²) in [7, 11) is 0. The highest BCUT2D eigenvalue weighted by molar-refractivity contribution is 7.99. The van der Waals surface area contributed by atoms with Crippen LogP contribution in [0.2, 0.25) is 0 Å². The van der Waals surface area contributed by atoms with E-state index in [1.165, 1.54) is 0 Å². The number of nitrogens with zero attached hydrogens (tertiary/aromatic N) is 2. The van der Waals surface area contributed by atoms with E-state index in [1.807, 2.05) is 49.0 Å². The van der Waals surface area contributed by atoms with Crippen LogP contribution in [0.3, 0.4) is 0 Å². The van der Waals surface area contributed by atoms with Crippen molar-refractivity contribution in [1.29, 1.82) is 0 Å². The summed E-state index contributed by atoms with van der Waals surface area (Å²) in [4.78, 5) is 12.4. The van der Waals surface area contributed by atoms with Gasteiger partial charge in [0.15, 0.2) is 0 Å². The maximum absolute atomic E-state index is 12.4. The summed E-state index contributed by atoms with van der Waals surface area (Å²) in [5.41, 5.74) is 2.45. The molecule has 0 saturated carbocycles. The average molecular weight is 345 g/mol. The second-order valence-corrected chi connectivity index (χ2v) is 7.24. The highest BCUT2D eigenvalue weighted by atomic mass is 32.2. The van der Waals surface area contributed by atoms with Gasteiger partial charge < -0.3 is 10.1 Å². The van der Waals surface area contributed by atoms with Crippen LogP contribution in [-0.4, -0.2) is 46.4 Å². The zero-order chi connectivity index (χ0) is 16.8. The third-order valence-electron chi connectivity index (χ3n) is 4.16. The van der Waals surface area contributed by atoms with E-state index in [-0.39, 0.29) is 5.91 Å². The smallest absolute Gasteiger partial charge is 0.254 e. The first-order chi connectivity index (χ1) is 11.8. The molecule has 1 N–H and O–H groups in total. The molecule has 0 radical (unpaired) electrons. The van der Waals surface area contributed by atoms with Crippen LogP contribution in [0.25, 0.3) is 5.69 Å². The Hall–Kier alpha value is -1.79. The number of hydrogen-bond acceptors (Lipinski definition) is 4. The van der Waals surface area contributed by atoms with Crippen molar-refractivity contribution in [1.82, 2.24) is 15.1 Å². The molecule has 1 amide bonds. The molecule has 5 nitrogen and oxygen atoms in total. The highest BCUT2D eigenvalue weighted by Gasteiger charge is 2.16. The second kappa shape index (κ2) is 8.35. The summed E-state index contributed by atoms with van der Waals surface area (Å²) in [6.07, 6.45) is 3.87. The van der Waals surface area contributed by atoms with E-state index in [1.54, 1.807) is 10.9 Å². The van der Waals surface area contributed by atoms with Crippen LogP contribution in [0.5, 0.6) is 0 Å². The van der Waals surface area contributed by atoms with Crippen LogP contribution < -0.4 is 5.32 Å². The van der Waals surface area contributed by atoms with Gasteiger partial charge in [-0.05, 0) is 31.9 Å². The number of rotatable bonds is 6. The molecule has 128 valence electrons. The Kier molecular flexibility index (Phi) is 5.93. The van der Waals surface area contributed by atoms with Crippen LogP contribution in [0.4, 0.5) is 0 Å². The third-order valence-corrected chi connectivity index (χ3v) is 5.55. The Morgan fingerprint density at radius 1 is 1.33 bits per heavy atom. The fraction of sp³-hybridized carbons (Fsp3) is 0.444. The minimum Gasteiger partial charge on any atom is -0.381 e. The monoisotopic (exact) mass is 345 g/mol. The van der Waals surface area contributed by atoms with Crippen molar-refractivity contribution in [2.75, 3.05) is 25.5 Å². The van der Waals surface area contributed by atoms with Crippen LogP contribution >= 0.6 is 11.8 Å². The number of ether oxygens (including phenoxy) is 1. The molecule has 1 aliphatic rings. The SMILES string of the molecule is Cc1c(C(=O)NCCSC2CCOCC2)cnn1-c1ccccc1. The van der Waals surface area contributed by atoms with Gasteiger partial charge >= 0.3 is 0 Å². The molecule has 24 heavy (non-hydrogen) atoms. The summed E-state index contributed by atoms with van der Waals surface area (Å²) >= 11 is 1.93. The number of nitrogens with one attached hydrogen (secondary N) is 1. The van der Waals surface area contributed by atoms with E-state index in [0.717, 1.165) is 43.2 Å². The van der Waals surface area contributed by atoms with Crippen molar-refractivity contribution < 1.29 is 9.53 Å². The highest BCUT2D eigenvalue weighted by Crippen LogP contribution is 2.21. The maximum Gasteiger partial charge on any atom is 0.254 e. The Morgan fingerprint density at radius 2 is 2.08 bits per heavy atom. The average Bonchev–Trinajstić information content (AvgIpc) is 3.02. The lowest BCUT2D eigenvalue weighted by molar-refractivity contribution is 0.0954. The van der Waals surface area contributed by atoms with Crippen molar-refractivity contribution in [3.05, 3.63) is 47.8 Å². The third kappa shape index (κ3) is 4.19. The van der Waals surface area contributed by atoms with Gasteiger partial charge in [0, 0.05) is 30.8 Å². The molecule has 2 aromatic rings. The predicted octanol–water partition coefficient (Wildman–Crippen LogP) is 2.82. The van der Waals surface area contributed by atoms with Crippen LogP contribution in [-0.2, 0) is 4.74 Å². The molecule has 1 aromatic heterocycles. The van der Waals surface area contributed by atoms with Gasteiger partial charge in [-0.1, -0.05) is 18.2 Å². The molecule has 0 aliphatic carbocycles. The van der Waals surface area contributed by atoms with Gasteiger partial charge in [0.2, 0.25) is 0 Å². The number of carbonyl (C=O) groups is 1. The second-order valence-electron chi connectivity index (χ2n) is 5.83. The van der Waals surface area contributed by atoms with Crippen molar-refractivity contribution in [3.63, 3.8) is 0 Å². The molecular weight excluding hydrogens is 322 g/mol. The van der Waals surface area contributed by atoms with E-state index in [2.05, 4.69) is 10.4 Å². The summed E-state index contributed by atoms with van der Waals surface area (Å²) in [5, 5.41) is 8.01. The first-order valence-corrected chi connectivity index (χ1v) is 9.38. The molecule has 0 bridgehead atoms. The molecule has 3 rings (SSSR count).